The van der Waals surface area contributed by atoms with E-state index in [1.165, 1.54) is 30.3 Å². The zero-order valence-corrected chi connectivity index (χ0v) is 10.2. The molecule has 0 aromatic carbocycles. The van der Waals surface area contributed by atoms with Gasteiger partial charge in [-0.2, -0.15) is 0 Å². The van der Waals surface area contributed by atoms with Crippen LogP contribution in [0.1, 0.15) is 5.69 Å². The molecule has 0 aliphatic rings. The second kappa shape index (κ2) is 5.31. The van der Waals surface area contributed by atoms with Crippen molar-refractivity contribution in [2.24, 2.45) is 0 Å². The van der Waals surface area contributed by atoms with Crippen molar-refractivity contribution in [1.29, 1.82) is 0 Å². The van der Waals surface area contributed by atoms with Crippen LogP contribution in [-0.2, 0) is 6.54 Å². The van der Waals surface area contributed by atoms with Gasteiger partial charge < -0.3 is 9.47 Å². The Morgan fingerprint density at radius 2 is 2.06 bits per heavy atom. The summed E-state index contributed by atoms with van der Waals surface area (Å²) < 4.78 is 11.9. The molecule has 2 heterocycles. The minimum absolute atomic E-state index is 0.142. The van der Waals surface area contributed by atoms with Gasteiger partial charge in [-0.3, -0.25) is 14.3 Å². The minimum atomic E-state index is -0.142. The Morgan fingerprint density at radius 3 is 2.72 bits per heavy atom. The molecule has 0 N–H and O–H groups in total. The van der Waals surface area contributed by atoms with Gasteiger partial charge in [0.25, 0.3) is 5.56 Å². The van der Waals surface area contributed by atoms with Crippen LogP contribution in [0.4, 0.5) is 0 Å². The van der Waals surface area contributed by atoms with Gasteiger partial charge in [0.05, 0.1) is 27.1 Å². The van der Waals surface area contributed by atoms with Crippen molar-refractivity contribution >= 4 is 0 Å². The SMILES string of the molecule is COc1ccnc(Cn2cnccc2=O)c1OC. The highest BCUT2D eigenvalue weighted by Gasteiger charge is 2.11. The smallest absolute Gasteiger partial charge is 0.253 e. The molecule has 0 aliphatic carbocycles. The molecule has 0 saturated heterocycles. The van der Waals surface area contributed by atoms with Crippen LogP contribution in [0.15, 0.2) is 35.6 Å². The molecule has 0 unspecified atom stereocenters. The first-order valence-electron chi connectivity index (χ1n) is 5.32. The first kappa shape index (κ1) is 12.1. The summed E-state index contributed by atoms with van der Waals surface area (Å²) >= 11 is 0. The lowest BCUT2D eigenvalue weighted by Gasteiger charge is -2.12. The Bertz CT molecular complexity index is 595. The quantitative estimate of drug-likeness (QED) is 0.795. The van der Waals surface area contributed by atoms with Gasteiger partial charge in [0.1, 0.15) is 5.69 Å². The van der Waals surface area contributed by atoms with Crippen LogP contribution >= 0.6 is 0 Å². The first-order chi connectivity index (χ1) is 8.76. The van der Waals surface area contributed by atoms with Gasteiger partial charge >= 0.3 is 0 Å². The van der Waals surface area contributed by atoms with Crippen LogP contribution in [0.3, 0.4) is 0 Å². The summed E-state index contributed by atoms with van der Waals surface area (Å²) in [4.78, 5) is 19.7. The van der Waals surface area contributed by atoms with Crippen LogP contribution in [0.2, 0.25) is 0 Å². The monoisotopic (exact) mass is 247 g/mol. The van der Waals surface area contributed by atoms with Crippen molar-refractivity contribution in [3.8, 4) is 11.5 Å². The Labute approximate surface area is 104 Å². The lowest BCUT2D eigenvalue weighted by molar-refractivity contribution is 0.348. The largest absolute Gasteiger partial charge is 0.493 e. The summed E-state index contributed by atoms with van der Waals surface area (Å²) in [7, 11) is 3.09. The Morgan fingerprint density at radius 1 is 1.22 bits per heavy atom. The van der Waals surface area contributed by atoms with Gasteiger partial charge in [-0.15, -0.1) is 0 Å². The van der Waals surface area contributed by atoms with Crippen LogP contribution in [0, 0.1) is 0 Å². The molecule has 2 rings (SSSR count). The summed E-state index contributed by atoms with van der Waals surface area (Å²) in [6.07, 6.45) is 4.52. The van der Waals surface area contributed by atoms with Crippen LogP contribution < -0.4 is 15.0 Å². The summed E-state index contributed by atoms with van der Waals surface area (Å²) in [5.41, 5.74) is 0.476. The number of methoxy groups -OCH3 is 2. The van der Waals surface area contributed by atoms with Gasteiger partial charge in [0.15, 0.2) is 11.5 Å². The van der Waals surface area contributed by atoms with E-state index in [0.29, 0.717) is 17.2 Å². The molecule has 6 heteroatoms. The van der Waals surface area contributed by atoms with E-state index < -0.39 is 0 Å². The van der Waals surface area contributed by atoms with E-state index in [2.05, 4.69) is 9.97 Å². The molecule has 2 aromatic heterocycles. The van der Waals surface area contributed by atoms with E-state index in [1.54, 1.807) is 19.4 Å². The van der Waals surface area contributed by atoms with E-state index in [9.17, 15) is 4.79 Å². The molecular formula is C12H13N3O3. The summed E-state index contributed by atoms with van der Waals surface area (Å²) in [5.74, 6) is 1.11. The lowest BCUT2D eigenvalue weighted by Crippen LogP contribution is -2.20. The number of hydrogen-bond acceptors (Lipinski definition) is 5. The van der Waals surface area contributed by atoms with Crippen molar-refractivity contribution in [3.05, 3.63) is 46.9 Å². The molecule has 0 spiro atoms. The normalized spacial score (nSPS) is 10.1. The molecule has 0 amide bonds. The third-order valence-electron chi connectivity index (χ3n) is 2.48. The summed E-state index contributed by atoms with van der Waals surface area (Å²) in [5, 5.41) is 0. The summed E-state index contributed by atoms with van der Waals surface area (Å²) in [6, 6.07) is 3.10. The Hall–Kier alpha value is -2.37. The Kier molecular flexibility index (Phi) is 3.57. The third kappa shape index (κ3) is 2.32. The van der Waals surface area contributed by atoms with E-state index >= 15 is 0 Å². The van der Waals surface area contributed by atoms with Crippen molar-refractivity contribution in [1.82, 2.24) is 14.5 Å². The molecule has 6 nitrogen and oxygen atoms in total. The minimum Gasteiger partial charge on any atom is -0.493 e. The van der Waals surface area contributed by atoms with Gasteiger partial charge in [-0.25, -0.2) is 4.98 Å². The topological polar surface area (TPSA) is 66.2 Å². The fourth-order valence-corrected chi connectivity index (χ4v) is 1.62. The van der Waals surface area contributed by atoms with E-state index in [4.69, 9.17) is 9.47 Å². The number of rotatable bonds is 4. The van der Waals surface area contributed by atoms with Gasteiger partial charge in [0, 0.05) is 24.5 Å². The molecule has 0 aliphatic heterocycles. The molecule has 2 aromatic rings. The van der Waals surface area contributed by atoms with Crippen molar-refractivity contribution in [2.45, 2.75) is 6.54 Å². The molecule has 94 valence electrons. The van der Waals surface area contributed by atoms with Crippen LogP contribution in [0.5, 0.6) is 11.5 Å². The molecule has 0 radical (unpaired) electrons. The average molecular weight is 247 g/mol. The standard InChI is InChI=1S/C12H13N3O3/c1-17-10-3-6-14-9(12(10)18-2)7-15-8-13-5-4-11(15)16/h3-6,8H,7H2,1-2H3. The number of ether oxygens (including phenoxy) is 2. The maximum absolute atomic E-state index is 11.6. The maximum atomic E-state index is 11.6. The predicted molar refractivity (Wildman–Crippen MR) is 64.9 cm³/mol. The number of hydrogen-bond donors (Lipinski definition) is 0. The molecule has 0 saturated carbocycles. The number of aromatic nitrogens is 3. The number of pyridine rings is 1. The van der Waals surface area contributed by atoms with E-state index in [0.717, 1.165) is 0 Å². The average Bonchev–Trinajstić information content (AvgIpc) is 2.41. The van der Waals surface area contributed by atoms with Crippen molar-refractivity contribution in [2.75, 3.05) is 14.2 Å². The summed E-state index contributed by atoms with van der Waals surface area (Å²) in [6.45, 7) is 0.285. The van der Waals surface area contributed by atoms with Crippen LogP contribution in [0.25, 0.3) is 0 Å². The molecule has 0 bridgehead atoms. The van der Waals surface area contributed by atoms with E-state index in [-0.39, 0.29) is 12.1 Å². The Balaban J connectivity index is 2.41. The fraction of sp³-hybridized carbons (Fsp3) is 0.250. The predicted octanol–water partition coefficient (Wildman–Crippen LogP) is 0.704. The van der Waals surface area contributed by atoms with Gasteiger partial charge in [-0.05, 0) is 0 Å². The van der Waals surface area contributed by atoms with Crippen molar-refractivity contribution < 1.29 is 9.47 Å². The second-order valence-corrected chi connectivity index (χ2v) is 3.54. The molecule has 0 atom stereocenters. The second-order valence-electron chi connectivity index (χ2n) is 3.54. The maximum Gasteiger partial charge on any atom is 0.253 e. The van der Waals surface area contributed by atoms with E-state index in [1.807, 2.05) is 0 Å². The highest BCUT2D eigenvalue weighted by Crippen LogP contribution is 2.29. The molecular weight excluding hydrogens is 234 g/mol. The highest BCUT2D eigenvalue weighted by molar-refractivity contribution is 5.42. The fourth-order valence-electron chi connectivity index (χ4n) is 1.62. The molecule has 0 fully saturated rings. The molecule has 18 heavy (non-hydrogen) atoms. The zero-order valence-electron chi connectivity index (χ0n) is 10.2. The lowest BCUT2D eigenvalue weighted by atomic mass is 10.3. The van der Waals surface area contributed by atoms with Crippen molar-refractivity contribution in [3.63, 3.8) is 0 Å². The van der Waals surface area contributed by atoms with Crippen LogP contribution in [-0.4, -0.2) is 28.8 Å². The number of nitrogens with zero attached hydrogens (tertiary/aromatic N) is 3. The third-order valence-corrected chi connectivity index (χ3v) is 2.48. The highest BCUT2D eigenvalue weighted by atomic mass is 16.5. The van der Waals surface area contributed by atoms with Gasteiger partial charge in [-0.1, -0.05) is 0 Å². The zero-order chi connectivity index (χ0) is 13.0. The van der Waals surface area contributed by atoms with Gasteiger partial charge in [0.2, 0.25) is 0 Å². The first-order valence-corrected chi connectivity index (χ1v) is 5.32.